The molecule has 1 unspecified atom stereocenters. The van der Waals surface area contributed by atoms with Crippen molar-refractivity contribution in [2.75, 3.05) is 5.32 Å². The second kappa shape index (κ2) is 6.39. The van der Waals surface area contributed by atoms with Crippen molar-refractivity contribution in [2.24, 2.45) is 5.73 Å². The molecule has 0 spiro atoms. The van der Waals surface area contributed by atoms with E-state index in [1.54, 1.807) is 0 Å². The van der Waals surface area contributed by atoms with Crippen molar-refractivity contribution in [3.05, 3.63) is 17.0 Å². The molecular formula is C11H17ClN4O. The van der Waals surface area contributed by atoms with Gasteiger partial charge in [0.1, 0.15) is 17.3 Å². The maximum absolute atomic E-state index is 10.8. The molecule has 6 heteroatoms. The third-order valence-corrected chi connectivity index (χ3v) is 2.61. The largest absolute Gasteiger partial charge is 0.370 e. The minimum Gasteiger partial charge on any atom is -0.370 e. The third kappa shape index (κ3) is 4.19. The second-order valence-corrected chi connectivity index (χ2v) is 4.32. The van der Waals surface area contributed by atoms with E-state index >= 15 is 0 Å². The number of amides is 1. The quantitative estimate of drug-likeness (QED) is 0.760. The van der Waals surface area contributed by atoms with Crippen LogP contribution in [0.1, 0.15) is 32.3 Å². The Morgan fingerprint density at radius 2 is 2.29 bits per heavy atom. The number of hydrogen-bond acceptors (Lipinski definition) is 4. The van der Waals surface area contributed by atoms with Crippen LogP contribution in [-0.4, -0.2) is 21.9 Å². The van der Waals surface area contributed by atoms with Gasteiger partial charge in [0.2, 0.25) is 5.91 Å². The van der Waals surface area contributed by atoms with E-state index in [0.29, 0.717) is 11.0 Å². The first-order valence-electron chi connectivity index (χ1n) is 5.58. The van der Waals surface area contributed by atoms with Gasteiger partial charge >= 0.3 is 0 Å². The van der Waals surface area contributed by atoms with Gasteiger partial charge in [0.15, 0.2) is 0 Å². The van der Waals surface area contributed by atoms with E-state index in [9.17, 15) is 4.79 Å². The number of nitrogens with zero attached hydrogens (tertiary/aromatic N) is 2. The van der Waals surface area contributed by atoms with Crippen molar-refractivity contribution >= 4 is 23.3 Å². The van der Waals surface area contributed by atoms with Crippen molar-refractivity contribution in [1.82, 2.24) is 9.97 Å². The molecule has 0 aliphatic heterocycles. The predicted molar refractivity (Wildman–Crippen MR) is 67.9 cm³/mol. The maximum atomic E-state index is 10.8. The van der Waals surface area contributed by atoms with Gasteiger partial charge in [-0.15, -0.1) is 0 Å². The predicted octanol–water partition coefficient (Wildman–Crippen LogP) is 1.76. The van der Waals surface area contributed by atoms with Gasteiger partial charge in [-0.25, -0.2) is 9.97 Å². The molecule has 1 amide bonds. The van der Waals surface area contributed by atoms with Gasteiger partial charge in [0, 0.05) is 18.0 Å². The van der Waals surface area contributed by atoms with Crippen LogP contribution in [0.3, 0.4) is 0 Å². The first kappa shape index (κ1) is 13.7. The maximum Gasteiger partial charge on any atom is 0.219 e. The second-order valence-electron chi connectivity index (χ2n) is 3.96. The fourth-order valence-corrected chi connectivity index (χ4v) is 1.80. The zero-order valence-corrected chi connectivity index (χ0v) is 10.8. The lowest BCUT2D eigenvalue weighted by molar-refractivity contribution is -0.118. The molecule has 1 atom stereocenters. The molecule has 1 aromatic heterocycles. The van der Waals surface area contributed by atoms with Crippen LogP contribution < -0.4 is 11.1 Å². The summed E-state index contributed by atoms with van der Waals surface area (Å²) in [5, 5.41) is 3.59. The summed E-state index contributed by atoms with van der Waals surface area (Å²) in [6.45, 7) is 3.93. The average molecular weight is 257 g/mol. The zero-order valence-electron chi connectivity index (χ0n) is 10.0. The van der Waals surface area contributed by atoms with Crippen LogP contribution >= 0.6 is 11.6 Å². The first-order valence-corrected chi connectivity index (χ1v) is 5.96. The Labute approximate surface area is 106 Å². The number of aromatic nitrogens is 2. The number of carbonyl (C=O) groups is 1. The number of rotatable bonds is 6. The van der Waals surface area contributed by atoms with Crippen molar-refractivity contribution in [3.8, 4) is 0 Å². The Bertz CT molecular complexity index is 397. The number of hydrogen-bond donors (Lipinski definition) is 2. The van der Waals surface area contributed by atoms with Gasteiger partial charge in [-0.2, -0.15) is 0 Å². The molecule has 0 fully saturated rings. The normalized spacial score (nSPS) is 12.2. The molecule has 1 aromatic rings. The third-order valence-electron chi connectivity index (χ3n) is 2.28. The Hall–Kier alpha value is -1.36. The molecule has 0 saturated carbocycles. The summed E-state index contributed by atoms with van der Waals surface area (Å²) in [4.78, 5) is 18.9. The van der Waals surface area contributed by atoms with Crippen molar-refractivity contribution in [3.63, 3.8) is 0 Å². The molecule has 1 heterocycles. The van der Waals surface area contributed by atoms with Gasteiger partial charge < -0.3 is 11.1 Å². The average Bonchev–Trinajstić information content (AvgIpc) is 2.22. The van der Waals surface area contributed by atoms with Crippen molar-refractivity contribution < 1.29 is 4.79 Å². The van der Waals surface area contributed by atoms with Crippen LogP contribution in [0, 0.1) is 0 Å². The van der Waals surface area contributed by atoms with Crippen LogP contribution in [0.2, 0.25) is 5.15 Å². The number of nitrogens with two attached hydrogens (primary N) is 1. The van der Waals surface area contributed by atoms with Crippen molar-refractivity contribution in [1.29, 1.82) is 0 Å². The molecule has 94 valence electrons. The van der Waals surface area contributed by atoms with E-state index in [1.165, 1.54) is 6.33 Å². The Morgan fingerprint density at radius 3 is 2.88 bits per heavy atom. The molecule has 5 nitrogen and oxygen atoms in total. The number of nitrogens with one attached hydrogen (secondary N) is 1. The number of carbonyl (C=O) groups excluding carboxylic acids is 1. The fourth-order valence-electron chi connectivity index (χ4n) is 1.57. The Morgan fingerprint density at radius 1 is 1.59 bits per heavy atom. The zero-order chi connectivity index (χ0) is 12.8. The van der Waals surface area contributed by atoms with E-state index in [0.717, 1.165) is 18.4 Å². The van der Waals surface area contributed by atoms with Crippen LogP contribution in [0.15, 0.2) is 6.33 Å². The molecule has 1 rings (SSSR count). The molecule has 0 aliphatic carbocycles. The summed E-state index contributed by atoms with van der Waals surface area (Å²) < 4.78 is 0. The van der Waals surface area contributed by atoms with Gasteiger partial charge in [-0.1, -0.05) is 24.9 Å². The smallest absolute Gasteiger partial charge is 0.219 e. The van der Waals surface area contributed by atoms with Crippen LogP contribution in [0.5, 0.6) is 0 Å². The lowest BCUT2D eigenvalue weighted by Gasteiger charge is -2.15. The van der Waals surface area contributed by atoms with E-state index in [-0.39, 0.29) is 18.4 Å². The highest BCUT2D eigenvalue weighted by Crippen LogP contribution is 2.22. The summed E-state index contributed by atoms with van der Waals surface area (Å²) in [6.07, 6.45) is 3.41. The standard InChI is InChI=1S/C11H17ClN4O/c1-3-4-8-10(12)14-6-15-11(8)16-7(2)5-9(13)17/h6-7H,3-5H2,1-2H3,(H2,13,17)(H,14,15,16). The van der Waals surface area contributed by atoms with Gasteiger partial charge in [-0.3, -0.25) is 4.79 Å². The highest BCUT2D eigenvalue weighted by Gasteiger charge is 2.12. The number of halogens is 1. The van der Waals surface area contributed by atoms with Crippen LogP contribution in [0.4, 0.5) is 5.82 Å². The van der Waals surface area contributed by atoms with Gasteiger partial charge in [0.25, 0.3) is 0 Å². The van der Waals surface area contributed by atoms with E-state index in [4.69, 9.17) is 17.3 Å². The molecular weight excluding hydrogens is 240 g/mol. The minimum atomic E-state index is -0.345. The molecule has 0 aromatic carbocycles. The number of primary amides is 1. The summed E-state index contributed by atoms with van der Waals surface area (Å²) in [7, 11) is 0. The number of anilines is 1. The van der Waals surface area contributed by atoms with E-state index in [1.807, 2.05) is 6.92 Å². The lowest BCUT2D eigenvalue weighted by atomic mass is 10.1. The van der Waals surface area contributed by atoms with E-state index < -0.39 is 0 Å². The topological polar surface area (TPSA) is 80.9 Å². The van der Waals surface area contributed by atoms with Gasteiger partial charge in [0.05, 0.1) is 0 Å². The summed E-state index contributed by atoms with van der Waals surface area (Å²) in [5.41, 5.74) is 6.02. The molecule has 0 saturated heterocycles. The van der Waals surface area contributed by atoms with Crippen LogP contribution in [-0.2, 0) is 11.2 Å². The molecule has 0 radical (unpaired) electrons. The Balaban J connectivity index is 2.82. The molecule has 3 N–H and O–H groups in total. The summed E-state index contributed by atoms with van der Waals surface area (Å²) in [6, 6.07) is -0.0749. The Kier molecular flexibility index (Phi) is 5.15. The summed E-state index contributed by atoms with van der Waals surface area (Å²) >= 11 is 6.01. The fraction of sp³-hybridized carbons (Fsp3) is 0.545. The SMILES string of the molecule is CCCc1c(Cl)ncnc1NC(C)CC(N)=O. The highest BCUT2D eigenvalue weighted by atomic mass is 35.5. The summed E-state index contributed by atoms with van der Waals surface area (Å²) in [5.74, 6) is 0.336. The molecule has 0 aliphatic rings. The van der Waals surface area contributed by atoms with Crippen molar-refractivity contribution in [2.45, 2.75) is 39.2 Å². The molecule has 17 heavy (non-hydrogen) atoms. The van der Waals surface area contributed by atoms with Crippen LogP contribution in [0.25, 0.3) is 0 Å². The highest BCUT2D eigenvalue weighted by molar-refractivity contribution is 6.30. The minimum absolute atomic E-state index is 0.0749. The lowest BCUT2D eigenvalue weighted by Crippen LogP contribution is -2.25. The van der Waals surface area contributed by atoms with Gasteiger partial charge in [-0.05, 0) is 13.3 Å². The van der Waals surface area contributed by atoms with E-state index in [2.05, 4.69) is 22.2 Å². The monoisotopic (exact) mass is 256 g/mol. The first-order chi connectivity index (χ1) is 8.04. The molecule has 0 bridgehead atoms.